The van der Waals surface area contributed by atoms with Crippen LogP contribution in [0.2, 0.25) is 0 Å². The number of methoxy groups -OCH3 is 1. The molecule has 0 saturated heterocycles. The van der Waals surface area contributed by atoms with Crippen LogP contribution in [0.25, 0.3) is 22.2 Å². The molecular weight excluding hydrogens is 380 g/mol. The number of carboxylic acid groups (broad SMARTS) is 1. The number of fused-ring (bicyclic) bond motifs is 1. The Morgan fingerprint density at radius 3 is 2.73 bits per heavy atom. The summed E-state index contributed by atoms with van der Waals surface area (Å²) in [4.78, 5) is 15.3. The topological polar surface area (TPSA) is 73.6 Å². The zero-order valence-electron chi connectivity index (χ0n) is 16.8. The molecule has 0 unspecified atom stereocenters. The summed E-state index contributed by atoms with van der Waals surface area (Å²) in [5.74, 6) is 0.582. The number of pyridine rings is 1. The van der Waals surface area contributed by atoms with Crippen LogP contribution in [-0.4, -0.2) is 27.7 Å². The van der Waals surface area contributed by atoms with Gasteiger partial charge in [0.15, 0.2) is 0 Å². The van der Waals surface area contributed by atoms with Crippen molar-refractivity contribution in [3.8, 4) is 22.6 Å². The van der Waals surface area contributed by atoms with E-state index in [4.69, 9.17) is 14.6 Å². The Morgan fingerprint density at radius 2 is 1.97 bits per heavy atom. The van der Waals surface area contributed by atoms with Gasteiger partial charge >= 0.3 is 5.97 Å². The van der Waals surface area contributed by atoms with Crippen LogP contribution >= 0.6 is 0 Å². The van der Waals surface area contributed by atoms with E-state index >= 15 is 0 Å². The fraction of sp³-hybridized carbons (Fsp3) is 0.167. The number of carbonyl (C=O) groups is 1. The first-order chi connectivity index (χ1) is 14.5. The number of aliphatic carboxylic acids is 1. The molecule has 0 aliphatic carbocycles. The average Bonchev–Trinajstić information content (AvgIpc) is 3.13. The minimum Gasteiger partial charge on any atom is -0.497 e. The second-order valence-corrected chi connectivity index (χ2v) is 7.09. The van der Waals surface area contributed by atoms with Gasteiger partial charge < -0.3 is 19.1 Å². The van der Waals surface area contributed by atoms with Gasteiger partial charge in [0.2, 0.25) is 0 Å². The molecule has 0 atom stereocenters. The van der Waals surface area contributed by atoms with Crippen molar-refractivity contribution < 1.29 is 19.4 Å². The SMILES string of the molecule is COc1ccc(-c2cccc(COc3cnc4c(ccn4CC(=O)O)c3)c2)c(C)c1. The van der Waals surface area contributed by atoms with Crippen molar-refractivity contribution in [2.75, 3.05) is 7.11 Å². The molecule has 4 rings (SSSR count). The molecule has 4 aromatic rings. The van der Waals surface area contributed by atoms with Crippen molar-refractivity contribution in [1.29, 1.82) is 0 Å². The number of hydrogen-bond acceptors (Lipinski definition) is 4. The van der Waals surface area contributed by atoms with Gasteiger partial charge in [-0.3, -0.25) is 4.79 Å². The third kappa shape index (κ3) is 4.12. The number of benzene rings is 2. The molecule has 0 spiro atoms. The van der Waals surface area contributed by atoms with E-state index in [9.17, 15) is 4.79 Å². The normalized spacial score (nSPS) is 10.9. The molecule has 152 valence electrons. The zero-order chi connectivity index (χ0) is 21.1. The van der Waals surface area contributed by atoms with Crippen LogP contribution in [0, 0.1) is 6.92 Å². The van der Waals surface area contributed by atoms with Crippen LogP contribution < -0.4 is 9.47 Å². The van der Waals surface area contributed by atoms with Gasteiger partial charge in [0.25, 0.3) is 0 Å². The van der Waals surface area contributed by atoms with Gasteiger partial charge in [-0.1, -0.05) is 24.3 Å². The fourth-order valence-corrected chi connectivity index (χ4v) is 3.49. The van der Waals surface area contributed by atoms with E-state index in [1.165, 1.54) is 0 Å². The smallest absolute Gasteiger partial charge is 0.323 e. The molecule has 0 bridgehead atoms. The second-order valence-electron chi connectivity index (χ2n) is 7.09. The number of aryl methyl sites for hydroxylation is 1. The fourth-order valence-electron chi connectivity index (χ4n) is 3.49. The van der Waals surface area contributed by atoms with E-state index in [1.807, 2.05) is 36.4 Å². The summed E-state index contributed by atoms with van der Waals surface area (Å²) in [5.41, 5.74) is 5.09. The van der Waals surface area contributed by atoms with Crippen LogP contribution in [-0.2, 0) is 17.9 Å². The van der Waals surface area contributed by atoms with Crippen molar-refractivity contribution in [3.05, 3.63) is 78.1 Å². The first kappa shape index (κ1) is 19.5. The van der Waals surface area contributed by atoms with Gasteiger partial charge in [-0.15, -0.1) is 0 Å². The van der Waals surface area contributed by atoms with Gasteiger partial charge in [-0.05, 0) is 59.5 Å². The highest BCUT2D eigenvalue weighted by Gasteiger charge is 2.08. The Balaban J connectivity index is 1.50. The standard InChI is InChI=1S/C24H22N2O4/c1-16-10-20(29-2)6-7-22(16)18-5-3-4-17(11-18)15-30-21-12-19-8-9-26(14-23(27)28)24(19)25-13-21/h3-13H,14-15H2,1-2H3,(H,27,28). The maximum atomic E-state index is 10.9. The van der Waals surface area contributed by atoms with E-state index in [0.29, 0.717) is 18.0 Å². The Hall–Kier alpha value is -3.80. The first-order valence-electron chi connectivity index (χ1n) is 9.57. The molecule has 2 heterocycles. The first-order valence-corrected chi connectivity index (χ1v) is 9.57. The Morgan fingerprint density at radius 1 is 1.10 bits per heavy atom. The highest BCUT2D eigenvalue weighted by atomic mass is 16.5. The molecule has 6 heteroatoms. The summed E-state index contributed by atoms with van der Waals surface area (Å²) < 4.78 is 12.8. The maximum Gasteiger partial charge on any atom is 0.323 e. The van der Waals surface area contributed by atoms with E-state index in [-0.39, 0.29) is 6.54 Å². The molecule has 2 aromatic heterocycles. The molecule has 0 amide bonds. The largest absolute Gasteiger partial charge is 0.497 e. The predicted molar refractivity (Wildman–Crippen MR) is 115 cm³/mol. The number of ether oxygens (including phenoxy) is 2. The lowest BCUT2D eigenvalue weighted by Crippen LogP contribution is -2.07. The van der Waals surface area contributed by atoms with Crippen molar-refractivity contribution in [2.45, 2.75) is 20.1 Å². The lowest BCUT2D eigenvalue weighted by Gasteiger charge is -2.11. The molecule has 0 saturated carbocycles. The Labute approximate surface area is 174 Å². The monoisotopic (exact) mass is 402 g/mol. The molecule has 0 aliphatic heterocycles. The second kappa shape index (κ2) is 8.29. The summed E-state index contributed by atoms with van der Waals surface area (Å²) >= 11 is 0. The minimum atomic E-state index is -0.901. The summed E-state index contributed by atoms with van der Waals surface area (Å²) in [6.45, 7) is 2.36. The predicted octanol–water partition coefficient (Wildman–Crippen LogP) is 4.68. The third-order valence-corrected chi connectivity index (χ3v) is 4.96. The summed E-state index contributed by atoms with van der Waals surface area (Å²) in [6.07, 6.45) is 3.34. The quantitative estimate of drug-likeness (QED) is 0.486. The van der Waals surface area contributed by atoms with Crippen LogP contribution in [0.4, 0.5) is 0 Å². The molecule has 2 aromatic carbocycles. The van der Waals surface area contributed by atoms with Gasteiger partial charge in [-0.2, -0.15) is 0 Å². The maximum absolute atomic E-state index is 10.9. The molecular formula is C24H22N2O4. The Bertz CT molecular complexity index is 1210. The number of carboxylic acids is 1. The van der Waals surface area contributed by atoms with E-state index in [2.05, 4.69) is 30.1 Å². The van der Waals surface area contributed by atoms with E-state index in [0.717, 1.165) is 33.4 Å². The van der Waals surface area contributed by atoms with Crippen LogP contribution in [0.5, 0.6) is 11.5 Å². The molecule has 6 nitrogen and oxygen atoms in total. The number of rotatable bonds is 7. The van der Waals surface area contributed by atoms with E-state index in [1.54, 1.807) is 24.1 Å². The van der Waals surface area contributed by atoms with Gasteiger partial charge in [0.05, 0.1) is 13.3 Å². The van der Waals surface area contributed by atoms with E-state index < -0.39 is 5.97 Å². The number of hydrogen-bond donors (Lipinski definition) is 1. The summed E-state index contributed by atoms with van der Waals surface area (Å²) in [6, 6.07) is 18.0. The number of nitrogens with zero attached hydrogens (tertiary/aromatic N) is 2. The summed E-state index contributed by atoms with van der Waals surface area (Å²) in [7, 11) is 1.67. The highest BCUT2D eigenvalue weighted by molar-refractivity contribution is 5.79. The molecule has 0 radical (unpaired) electrons. The molecule has 30 heavy (non-hydrogen) atoms. The lowest BCUT2D eigenvalue weighted by atomic mass is 9.99. The lowest BCUT2D eigenvalue weighted by molar-refractivity contribution is -0.137. The zero-order valence-corrected chi connectivity index (χ0v) is 16.8. The van der Waals surface area contributed by atoms with Crippen molar-refractivity contribution in [2.24, 2.45) is 0 Å². The summed E-state index contributed by atoms with van der Waals surface area (Å²) in [5, 5.41) is 9.82. The minimum absolute atomic E-state index is 0.117. The molecule has 1 N–H and O–H groups in total. The van der Waals surface area contributed by atoms with Crippen molar-refractivity contribution in [1.82, 2.24) is 9.55 Å². The molecule has 0 fully saturated rings. The molecule has 0 aliphatic rings. The van der Waals surface area contributed by atoms with Gasteiger partial charge in [0, 0.05) is 11.6 Å². The van der Waals surface area contributed by atoms with Crippen LogP contribution in [0.3, 0.4) is 0 Å². The third-order valence-electron chi connectivity index (χ3n) is 4.96. The van der Waals surface area contributed by atoms with Crippen LogP contribution in [0.1, 0.15) is 11.1 Å². The van der Waals surface area contributed by atoms with Gasteiger partial charge in [-0.25, -0.2) is 4.98 Å². The van der Waals surface area contributed by atoms with Crippen LogP contribution in [0.15, 0.2) is 67.0 Å². The average molecular weight is 402 g/mol. The van der Waals surface area contributed by atoms with Crippen molar-refractivity contribution >= 4 is 17.0 Å². The number of aromatic nitrogens is 2. The van der Waals surface area contributed by atoms with Gasteiger partial charge in [0.1, 0.15) is 30.3 Å². The highest BCUT2D eigenvalue weighted by Crippen LogP contribution is 2.28. The van der Waals surface area contributed by atoms with Crippen molar-refractivity contribution in [3.63, 3.8) is 0 Å². The Kier molecular flexibility index (Phi) is 5.39.